The third-order valence-corrected chi connectivity index (χ3v) is 4.87. The molecule has 1 heterocycles. The van der Waals surface area contributed by atoms with Crippen LogP contribution in [0.15, 0.2) is 0 Å². The molecule has 1 aliphatic heterocycles. The van der Waals surface area contributed by atoms with E-state index in [9.17, 15) is 0 Å². The monoisotopic (exact) mass is 239 g/mol. The van der Waals surface area contributed by atoms with Crippen molar-refractivity contribution in [2.24, 2.45) is 11.7 Å². The Bertz CT molecular complexity index is 222. The molecule has 3 heteroatoms. The van der Waals surface area contributed by atoms with E-state index in [1.807, 2.05) is 0 Å². The second-order valence-electron chi connectivity index (χ2n) is 6.08. The Morgan fingerprint density at radius 3 is 2.29 bits per heavy atom. The van der Waals surface area contributed by atoms with E-state index in [1.54, 1.807) is 0 Å². The summed E-state index contributed by atoms with van der Waals surface area (Å²) in [7, 11) is 4.42. The molecule has 0 spiro atoms. The first-order valence-electron chi connectivity index (χ1n) is 7.33. The summed E-state index contributed by atoms with van der Waals surface area (Å²) in [6, 6.07) is 1.59. The number of nitrogens with two attached hydrogens (primary N) is 1. The zero-order valence-corrected chi connectivity index (χ0v) is 11.6. The van der Waals surface area contributed by atoms with Crippen molar-refractivity contribution < 1.29 is 0 Å². The summed E-state index contributed by atoms with van der Waals surface area (Å²) in [5.74, 6) is 0.764. The van der Waals surface area contributed by atoms with E-state index < -0.39 is 0 Å². The summed E-state index contributed by atoms with van der Waals surface area (Å²) in [6.45, 7) is 3.45. The third-order valence-electron chi connectivity index (χ3n) is 4.87. The Kier molecular flexibility index (Phi) is 4.83. The standard InChI is InChI=1S/C14H29N3/c1-16(2)13-7-9-17(10-8-13)14-6-4-3-5-12(14)11-15/h12-14H,3-11,15H2,1-2H3. The molecular weight excluding hydrogens is 210 g/mol. The molecular formula is C14H29N3. The van der Waals surface area contributed by atoms with E-state index in [0.29, 0.717) is 0 Å². The smallest absolute Gasteiger partial charge is 0.0136 e. The number of likely N-dealkylation sites (tertiary alicyclic amines) is 1. The van der Waals surface area contributed by atoms with E-state index in [2.05, 4.69) is 23.9 Å². The van der Waals surface area contributed by atoms with Gasteiger partial charge in [0.1, 0.15) is 0 Å². The van der Waals surface area contributed by atoms with Crippen LogP contribution in [0.1, 0.15) is 38.5 Å². The van der Waals surface area contributed by atoms with Gasteiger partial charge in [0, 0.05) is 12.1 Å². The van der Waals surface area contributed by atoms with Gasteiger partial charge in [0.2, 0.25) is 0 Å². The van der Waals surface area contributed by atoms with Crippen molar-refractivity contribution >= 4 is 0 Å². The lowest BCUT2D eigenvalue weighted by Crippen LogP contribution is -2.50. The van der Waals surface area contributed by atoms with Gasteiger partial charge in [0.05, 0.1) is 0 Å². The molecule has 0 aromatic carbocycles. The Morgan fingerprint density at radius 2 is 1.71 bits per heavy atom. The number of hydrogen-bond donors (Lipinski definition) is 1. The number of rotatable bonds is 3. The summed E-state index contributed by atoms with van der Waals surface area (Å²) in [5.41, 5.74) is 5.94. The summed E-state index contributed by atoms with van der Waals surface area (Å²) >= 11 is 0. The van der Waals surface area contributed by atoms with E-state index in [-0.39, 0.29) is 0 Å². The highest BCUT2D eigenvalue weighted by Crippen LogP contribution is 2.30. The third kappa shape index (κ3) is 3.21. The zero-order valence-electron chi connectivity index (χ0n) is 11.6. The van der Waals surface area contributed by atoms with Crippen LogP contribution < -0.4 is 5.73 Å². The van der Waals surface area contributed by atoms with Crippen LogP contribution in [0.5, 0.6) is 0 Å². The molecule has 2 unspecified atom stereocenters. The zero-order chi connectivity index (χ0) is 12.3. The molecule has 2 fully saturated rings. The first-order chi connectivity index (χ1) is 8.22. The van der Waals surface area contributed by atoms with Gasteiger partial charge >= 0.3 is 0 Å². The van der Waals surface area contributed by atoms with Gasteiger partial charge in [-0.15, -0.1) is 0 Å². The van der Waals surface area contributed by atoms with Crippen molar-refractivity contribution in [3.63, 3.8) is 0 Å². The van der Waals surface area contributed by atoms with Gasteiger partial charge in [0.15, 0.2) is 0 Å². The molecule has 2 N–H and O–H groups in total. The predicted octanol–water partition coefficient (Wildman–Crippen LogP) is 1.53. The molecule has 17 heavy (non-hydrogen) atoms. The van der Waals surface area contributed by atoms with Gasteiger partial charge in [-0.05, 0) is 65.3 Å². The minimum atomic E-state index is 0.764. The van der Waals surface area contributed by atoms with Crippen LogP contribution in [0, 0.1) is 5.92 Å². The average Bonchev–Trinajstić information content (AvgIpc) is 2.39. The van der Waals surface area contributed by atoms with Crippen molar-refractivity contribution in [2.45, 2.75) is 50.6 Å². The number of hydrogen-bond acceptors (Lipinski definition) is 3. The summed E-state index contributed by atoms with van der Waals surface area (Å²) in [4.78, 5) is 5.12. The van der Waals surface area contributed by atoms with Crippen molar-refractivity contribution in [2.75, 3.05) is 33.7 Å². The Balaban J connectivity index is 1.86. The number of piperidine rings is 1. The molecule has 0 bridgehead atoms. The fourth-order valence-corrected chi connectivity index (χ4v) is 3.68. The molecule has 3 nitrogen and oxygen atoms in total. The van der Waals surface area contributed by atoms with Crippen molar-refractivity contribution in [3.8, 4) is 0 Å². The minimum absolute atomic E-state index is 0.764. The van der Waals surface area contributed by atoms with Crippen molar-refractivity contribution in [1.82, 2.24) is 9.80 Å². The molecule has 1 aliphatic carbocycles. The van der Waals surface area contributed by atoms with Gasteiger partial charge in [-0.3, -0.25) is 4.90 Å². The predicted molar refractivity (Wildman–Crippen MR) is 73.1 cm³/mol. The van der Waals surface area contributed by atoms with Gasteiger partial charge in [-0.2, -0.15) is 0 Å². The van der Waals surface area contributed by atoms with Crippen LogP contribution >= 0.6 is 0 Å². The quantitative estimate of drug-likeness (QED) is 0.811. The SMILES string of the molecule is CN(C)C1CCN(C2CCCCC2CN)CC1. The van der Waals surface area contributed by atoms with Crippen LogP contribution in [0.2, 0.25) is 0 Å². The molecule has 100 valence electrons. The highest BCUT2D eigenvalue weighted by molar-refractivity contribution is 4.87. The largest absolute Gasteiger partial charge is 0.330 e. The van der Waals surface area contributed by atoms with Gasteiger partial charge in [-0.1, -0.05) is 12.8 Å². The lowest BCUT2D eigenvalue weighted by molar-refractivity contribution is 0.0605. The van der Waals surface area contributed by atoms with E-state index in [0.717, 1.165) is 24.5 Å². The first kappa shape index (κ1) is 13.3. The average molecular weight is 239 g/mol. The maximum Gasteiger partial charge on any atom is 0.0136 e. The topological polar surface area (TPSA) is 32.5 Å². The van der Waals surface area contributed by atoms with E-state index in [4.69, 9.17) is 5.73 Å². The van der Waals surface area contributed by atoms with Crippen LogP contribution in [0.4, 0.5) is 0 Å². The molecule has 0 aromatic rings. The Morgan fingerprint density at radius 1 is 1.06 bits per heavy atom. The molecule has 0 amide bonds. The van der Waals surface area contributed by atoms with Gasteiger partial charge in [0.25, 0.3) is 0 Å². The summed E-state index contributed by atoms with van der Waals surface area (Å²) in [6.07, 6.45) is 8.21. The van der Waals surface area contributed by atoms with Crippen molar-refractivity contribution in [1.29, 1.82) is 0 Å². The Labute approximate surface area is 106 Å². The second-order valence-corrected chi connectivity index (χ2v) is 6.08. The Hall–Kier alpha value is -0.120. The molecule has 2 rings (SSSR count). The van der Waals surface area contributed by atoms with Crippen LogP contribution in [0.25, 0.3) is 0 Å². The van der Waals surface area contributed by atoms with Gasteiger partial charge in [-0.25, -0.2) is 0 Å². The normalized spacial score (nSPS) is 33.2. The highest BCUT2D eigenvalue weighted by Gasteiger charge is 2.31. The van der Waals surface area contributed by atoms with Gasteiger partial charge < -0.3 is 10.6 Å². The molecule has 1 saturated carbocycles. The lowest BCUT2D eigenvalue weighted by atomic mass is 9.82. The molecule has 0 radical (unpaired) electrons. The fourth-order valence-electron chi connectivity index (χ4n) is 3.68. The lowest BCUT2D eigenvalue weighted by Gasteiger charge is -2.44. The number of nitrogens with zero attached hydrogens (tertiary/aromatic N) is 2. The van der Waals surface area contributed by atoms with Crippen molar-refractivity contribution in [3.05, 3.63) is 0 Å². The molecule has 0 aromatic heterocycles. The summed E-state index contributed by atoms with van der Waals surface area (Å²) < 4.78 is 0. The van der Waals surface area contributed by atoms with Crippen LogP contribution in [-0.2, 0) is 0 Å². The second kappa shape index (κ2) is 6.17. The maximum atomic E-state index is 5.94. The summed E-state index contributed by atoms with van der Waals surface area (Å²) in [5, 5.41) is 0. The fraction of sp³-hybridized carbons (Fsp3) is 1.00. The molecule has 2 atom stereocenters. The highest BCUT2D eigenvalue weighted by atomic mass is 15.2. The molecule has 1 saturated heterocycles. The van der Waals surface area contributed by atoms with E-state index >= 15 is 0 Å². The first-order valence-corrected chi connectivity index (χ1v) is 7.33. The van der Waals surface area contributed by atoms with E-state index in [1.165, 1.54) is 51.6 Å². The minimum Gasteiger partial charge on any atom is -0.330 e. The molecule has 2 aliphatic rings. The maximum absolute atomic E-state index is 5.94. The van der Waals surface area contributed by atoms with Crippen LogP contribution in [0.3, 0.4) is 0 Å². The van der Waals surface area contributed by atoms with Crippen LogP contribution in [-0.4, -0.2) is 55.6 Å².